The van der Waals surface area contributed by atoms with Crippen LogP contribution in [0.25, 0.3) is 0 Å². The molecule has 8 nitrogen and oxygen atoms in total. The summed E-state index contributed by atoms with van der Waals surface area (Å²) in [6, 6.07) is 7.05. The molecule has 1 fully saturated rings. The number of para-hydroxylation sites is 1. The molecular weight excluding hydrogens is 362 g/mol. The lowest BCUT2D eigenvalue weighted by Gasteiger charge is -2.06. The molecule has 0 saturated heterocycles. The predicted octanol–water partition coefficient (Wildman–Crippen LogP) is 2.72. The van der Waals surface area contributed by atoms with Crippen molar-refractivity contribution in [3.63, 3.8) is 0 Å². The molecule has 0 aliphatic heterocycles. The van der Waals surface area contributed by atoms with Crippen molar-refractivity contribution in [3.8, 4) is 0 Å². The second kappa shape index (κ2) is 8.21. The van der Waals surface area contributed by atoms with Crippen LogP contribution >= 0.6 is 23.4 Å². The Hall–Kier alpha value is -2.26. The van der Waals surface area contributed by atoms with Crippen LogP contribution in [0.5, 0.6) is 0 Å². The maximum absolute atomic E-state index is 12.0. The number of aromatic nitrogens is 3. The first-order valence-corrected chi connectivity index (χ1v) is 9.19. The Kier molecular flexibility index (Phi) is 5.77. The Labute approximate surface area is 154 Å². The molecule has 0 spiro atoms. The Morgan fingerprint density at radius 1 is 1.32 bits per heavy atom. The second-order valence-electron chi connectivity index (χ2n) is 5.49. The number of hydrogen-bond acceptors (Lipinski definition) is 7. The van der Waals surface area contributed by atoms with Crippen LogP contribution in [0.2, 0.25) is 5.02 Å². The zero-order valence-electron chi connectivity index (χ0n) is 13.4. The van der Waals surface area contributed by atoms with E-state index < -0.39 is 0 Å². The summed E-state index contributed by atoms with van der Waals surface area (Å²) < 4.78 is 1.28. The van der Waals surface area contributed by atoms with Crippen LogP contribution in [0, 0.1) is 0 Å². The summed E-state index contributed by atoms with van der Waals surface area (Å²) in [7, 11) is 0. The molecule has 10 heteroatoms. The number of nitrogens with zero attached hydrogens (tertiary/aromatic N) is 4. The first-order chi connectivity index (χ1) is 12.1. The lowest BCUT2D eigenvalue weighted by molar-refractivity contribution is -0.113. The predicted molar refractivity (Wildman–Crippen MR) is 101 cm³/mol. The van der Waals surface area contributed by atoms with E-state index in [0.717, 1.165) is 31.4 Å². The minimum Gasteiger partial charge on any atom is -0.334 e. The Morgan fingerprint density at radius 2 is 2.08 bits per heavy atom. The number of anilines is 2. The summed E-state index contributed by atoms with van der Waals surface area (Å²) in [5.74, 6) is 6.21. The minimum absolute atomic E-state index is 0.134. The van der Waals surface area contributed by atoms with Crippen LogP contribution in [0.15, 0.2) is 34.5 Å². The summed E-state index contributed by atoms with van der Waals surface area (Å²) in [6.45, 7) is 0. The maximum Gasteiger partial charge on any atom is 0.264 e. The molecule has 1 aliphatic carbocycles. The van der Waals surface area contributed by atoms with E-state index in [1.807, 2.05) is 0 Å². The number of hydrazone groups is 1. The summed E-state index contributed by atoms with van der Waals surface area (Å²) in [4.78, 5) is 12.0. The lowest BCUT2D eigenvalue weighted by Crippen LogP contribution is -2.17. The first-order valence-electron chi connectivity index (χ1n) is 7.82. The van der Waals surface area contributed by atoms with Crippen molar-refractivity contribution in [2.75, 3.05) is 22.3 Å². The molecule has 0 atom stereocenters. The molecule has 1 aromatic carbocycles. The molecule has 2 aromatic rings. The van der Waals surface area contributed by atoms with Crippen LogP contribution in [0.3, 0.4) is 0 Å². The van der Waals surface area contributed by atoms with Crippen LogP contribution in [0.4, 0.5) is 11.6 Å². The molecule has 1 aromatic heterocycles. The molecule has 25 heavy (non-hydrogen) atoms. The van der Waals surface area contributed by atoms with Crippen molar-refractivity contribution in [2.45, 2.75) is 30.8 Å². The molecule has 3 rings (SSSR count). The highest BCUT2D eigenvalue weighted by atomic mass is 35.5. The second-order valence-corrected chi connectivity index (χ2v) is 6.84. The van der Waals surface area contributed by atoms with Gasteiger partial charge in [0, 0.05) is 5.71 Å². The summed E-state index contributed by atoms with van der Waals surface area (Å²) in [5, 5.41) is 15.9. The normalized spacial score (nSPS) is 13.7. The number of nitrogens with two attached hydrogens (primary N) is 1. The van der Waals surface area contributed by atoms with Crippen LogP contribution < -0.4 is 16.6 Å². The van der Waals surface area contributed by atoms with E-state index in [1.54, 1.807) is 24.3 Å². The van der Waals surface area contributed by atoms with Gasteiger partial charge in [0.1, 0.15) is 0 Å². The van der Waals surface area contributed by atoms with Gasteiger partial charge in [0.15, 0.2) is 0 Å². The maximum atomic E-state index is 12.0. The van der Waals surface area contributed by atoms with Gasteiger partial charge >= 0.3 is 0 Å². The highest BCUT2D eigenvalue weighted by Crippen LogP contribution is 2.22. The van der Waals surface area contributed by atoms with Gasteiger partial charge in [-0.05, 0) is 37.8 Å². The largest absolute Gasteiger partial charge is 0.334 e. The van der Waals surface area contributed by atoms with Crippen molar-refractivity contribution in [3.05, 3.63) is 29.3 Å². The molecular formula is C15H18ClN7OS. The van der Waals surface area contributed by atoms with Gasteiger partial charge in [-0.1, -0.05) is 35.5 Å². The average Bonchev–Trinajstić information content (AvgIpc) is 3.23. The van der Waals surface area contributed by atoms with Crippen molar-refractivity contribution in [1.29, 1.82) is 0 Å². The van der Waals surface area contributed by atoms with E-state index in [-0.39, 0.29) is 11.7 Å². The topological polar surface area (TPSA) is 110 Å². The van der Waals surface area contributed by atoms with Crippen molar-refractivity contribution >= 4 is 46.6 Å². The smallest absolute Gasteiger partial charge is 0.264 e. The number of nitrogen functional groups attached to an aromatic ring is 1. The van der Waals surface area contributed by atoms with E-state index in [0.29, 0.717) is 21.8 Å². The average molecular weight is 380 g/mol. The molecule has 1 aliphatic rings. The van der Waals surface area contributed by atoms with Crippen molar-refractivity contribution in [2.24, 2.45) is 5.10 Å². The van der Waals surface area contributed by atoms with Crippen LogP contribution in [0.1, 0.15) is 25.7 Å². The number of halogens is 1. The van der Waals surface area contributed by atoms with Gasteiger partial charge in [0.2, 0.25) is 11.1 Å². The van der Waals surface area contributed by atoms with Gasteiger partial charge in [0.25, 0.3) is 5.95 Å². The van der Waals surface area contributed by atoms with E-state index in [2.05, 4.69) is 26.0 Å². The molecule has 1 saturated carbocycles. The third-order valence-electron chi connectivity index (χ3n) is 3.64. The highest BCUT2D eigenvalue weighted by molar-refractivity contribution is 7.99. The quantitative estimate of drug-likeness (QED) is 0.404. The fourth-order valence-electron chi connectivity index (χ4n) is 2.35. The Balaban J connectivity index is 1.54. The summed E-state index contributed by atoms with van der Waals surface area (Å²) >= 11 is 7.19. The highest BCUT2D eigenvalue weighted by Gasteiger charge is 2.14. The number of carbonyl (C=O) groups excluding carboxylic acids is 1. The molecule has 1 heterocycles. The number of carbonyl (C=O) groups is 1. The summed E-state index contributed by atoms with van der Waals surface area (Å²) in [5.41, 5.74) is 4.51. The SMILES string of the molecule is Nn1c(NN=C2CCCC2)nnc1SCC(=O)Nc1ccccc1Cl. The van der Waals surface area contributed by atoms with E-state index in [9.17, 15) is 4.79 Å². The Bertz CT molecular complexity index is 784. The van der Waals surface area contributed by atoms with Crippen molar-refractivity contribution < 1.29 is 4.79 Å². The van der Waals surface area contributed by atoms with Crippen molar-refractivity contribution in [1.82, 2.24) is 14.9 Å². The molecule has 1 amide bonds. The number of nitrogens with one attached hydrogen (secondary N) is 2. The first kappa shape index (κ1) is 17.6. The number of benzene rings is 1. The number of thioether (sulfide) groups is 1. The minimum atomic E-state index is -0.207. The van der Waals surface area contributed by atoms with Crippen LogP contribution in [-0.4, -0.2) is 32.2 Å². The van der Waals surface area contributed by atoms with Gasteiger partial charge in [-0.25, -0.2) is 10.1 Å². The van der Waals surface area contributed by atoms with Gasteiger partial charge < -0.3 is 11.2 Å². The van der Waals surface area contributed by atoms with Gasteiger partial charge in [0.05, 0.1) is 16.5 Å². The third kappa shape index (κ3) is 4.64. The zero-order chi connectivity index (χ0) is 17.6. The number of rotatable bonds is 6. The number of hydrogen-bond donors (Lipinski definition) is 3. The summed E-state index contributed by atoms with van der Waals surface area (Å²) in [6.07, 6.45) is 4.32. The Morgan fingerprint density at radius 3 is 2.84 bits per heavy atom. The fourth-order valence-corrected chi connectivity index (χ4v) is 3.19. The number of amides is 1. The van der Waals surface area contributed by atoms with E-state index >= 15 is 0 Å². The monoisotopic (exact) mass is 379 g/mol. The zero-order valence-corrected chi connectivity index (χ0v) is 15.0. The fraction of sp³-hybridized carbons (Fsp3) is 0.333. The molecule has 0 radical (unpaired) electrons. The molecule has 132 valence electrons. The van der Waals surface area contributed by atoms with E-state index in [1.165, 1.54) is 16.4 Å². The van der Waals surface area contributed by atoms with Crippen LogP contribution in [-0.2, 0) is 4.79 Å². The van der Waals surface area contributed by atoms with Gasteiger partial charge in [-0.2, -0.15) is 5.10 Å². The van der Waals surface area contributed by atoms with E-state index in [4.69, 9.17) is 17.4 Å². The van der Waals surface area contributed by atoms with Gasteiger partial charge in [-0.15, -0.1) is 10.2 Å². The standard InChI is InChI=1S/C15H18ClN7OS/c16-11-7-3-4-8-12(11)18-13(24)9-25-15-22-21-14(23(15)17)20-19-10-5-1-2-6-10/h3-4,7-8H,1-2,5-6,9,17H2,(H,18,24)(H,20,21). The third-order valence-corrected chi connectivity index (χ3v) is 4.91. The molecule has 4 N–H and O–H groups in total. The lowest BCUT2D eigenvalue weighted by atomic mass is 10.3. The molecule has 0 unspecified atom stereocenters. The van der Waals surface area contributed by atoms with Gasteiger partial charge in [-0.3, -0.25) is 4.79 Å². The molecule has 0 bridgehead atoms.